The molecule has 1 unspecified atom stereocenters. The van der Waals surface area contributed by atoms with E-state index in [2.05, 4.69) is 36.1 Å². The summed E-state index contributed by atoms with van der Waals surface area (Å²) >= 11 is 0. The zero-order chi connectivity index (χ0) is 14.4. The molecule has 0 aromatic carbocycles. The van der Waals surface area contributed by atoms with Crippen LogP contribution in [0.2, 0.25) is 0 Å². The van der Waals surface area contributed by atoms with Gasteiger partial charge in [0.1, 0.15) is 0 Å². The molecular weight excluding hydrogens is 246 g/mol. The molecule has 1 heterocycles. The molecular formula is C17H35N3. The Kier molecular flexibility index (Phi) is 6.31. The minimum absolute atomic E-state index is 0.549. The first-order chi connectivity index (χ1) is 9.65. The topological polar surface area (TPSA) is 18.5 Å². The summed E-state index contributed by atoms with van der Waals surface area (Å²) in [6, 6.07) is 0.775. The first kappa shape index (κ1) is 16.3. The third kappa shape index (κ3) is 4.44. The fourth-order valence-corrected chi connectivity index (χ4v) is 4.11. The van der Waals surface area contributed by atoms with Gasteiger partial charge in [0, 0.05) is 25.7 Å². The number of hydrogen-bond donors (Lipinski definition) is 1. The molecule has 1 saturated carbocycles. The first-order valence-electron chi connectivity index (χ1n) is 8.75. The number of nitrogens with zero attached hydrogens (tertiary/aromatic N) is 2. The summed E-state index contributed by atoms with van der Waals surface area (Å²) in [4.78, 5) is 5.15. The van der Waals surface area contributed by atoms with E-state index < -0.39 is 0 Å². The van der Waals surface area contributed by atoms with E-state index in [0.717, 1.165) is 12.6 Å². The minimum Gasteiger partial charge on any atom is -0.316 e. The molecule has 1 N–H and O–H groups in total. The van der Waals surface area contributed by atoms with Crippen molar-refractivity contribution in [1.29, 1.82) is 0 Å². The number of nitrogens with one attached hydrogen (secondary N) is 1. The van der Waals surface area contributed by atoms with Crippen molar-refractivity contribution in [2.24, 2.45) is 5.41 Å². The zero-order valence-corrected chi connectivity index (χ0v) is 14.0. The van der Waals surface area contributed by atoms with Crippen molar-refractivity contribution >= 4 is 0 Å². The lowest BCUT2D eigenvalue weighted by Crippen LogP contribution is -2.44. The number of likely N-dealkylation sites (N-methyl/N-ethyl adjacent to an activating group) is 1. The summed E-state index contributed by atoms with van der Waals surface area (Å²) in [7, 11) is 4.46. The highest BCUT2D eigenvalue weighted by molar-refractivity contribution is 4.90. The van der Waals surface area contributed by atoms with Gasteiger partial charge in [-0.25, -0.2) is 0 Å². The molecule has 0 amide bonds. The van der Waals surface area contributed by atoms with Crippen LogP contribution < -0.4 is 5.32 Å². The highest BCUT2D eigenvalue weighted by atomic mass is 15.2. The highest BCUT2D eigenvalue weighted by Gasteiger charge is 2.35. The molecule has 1 aliphatic carbocycles. The summed E-state index contributed by atoms with van der Waals surface area (Å²) < 4.78 is 0. The van der Waals surface area contributed by atoms with Crippen molar-refractivity contribution in [3.05, 3.63) is 0 Å². The van der Waals surface area contributed by atoms with Crippen LogP contribution in [-0.4, -0.2) is 62.7 Å². The van der Waals surface area contributed by atoms with Crippen molar-refractivity contribution < 1.29 is 0 Å². The van der Waals surface area contributed by atoms with Crippen LogP contribution in [-0.2, 0) is 0 Å². The number of rotatable bonds is 6. The van der Waals surface area contributed by atoms with Crippen LogP contribution in [0.15, 0.2) is 0 Å². The summed E-state index contributed by atoms with van der Waals surface area (Å²) in [5.74, 6) is 0. The molecule has 0 aromatic heterocycles. The fourth-order valence-electron chi connectivity index (χ4n) is 4.11. The largest absolute Gasteiger partial charge is 0.316 e. The molecule has 118 valence electrons. The monoisotopic (exact) mass is 281 g/mol. The first-order valence-corrected chi connectivity index (χ1v) is 8.75. The SMILES string of the molecule is CCNCC1(CN2CCC(N(C)C)C2)CCCCCC1. The Morgan fingerprint density at radius 3 is 2.40 bits per heavy atom. The lowest BCUT2D eigenvalue weighted by molar-refractivity contribution is 0.139. The molecule has 3 nitrogen and oxygen atoms in total. The van der Waals surface area contributed by atoms with Gasteiger partial charge in [-0.3, -0.25) is 0 Å². The summed E-state index contributed by atoms with van der Waals surface area (Å²) in [5.41, 5.74) is 0.549. The predicted octanol–water partition coefficient (Wildman–Crippen LogP) is 2.57. The Labute approximate surface area is 126 Å². The van der Waals surface area contributed by atoms with Crippen LogP contribution in [0.3, 0.4) is 0 Å². The Bertz CT molecular complexity index is 269. The molecule has 1 atom stereocenters. The quantitative estimate of drug-likeness (QED) is 0.755. The Hall–Kier alpha value is -0.120. The van der Waals surface area contributed by atoms with Gasteiger partial charge >= 0.3 is 0 Å². The Balaban J connectivity index is 1.93. The van der Waals surface area contributed by atoms with E-state index in [9.17, 15) is 0 Å². The van der Waals surface area contributed by atoms with Crippen LogP contribution in [0.1, 0.15) is 51.9 Å². The van der Waals surface area contributed by atoms with Gasteiger partial charge < -0.3 is 15.1 Å². The predicted molar refractivity (Wildman–Crippen MR) is 87.2 cm³/mol. The van der Waals surface area contributed by atoms with Crippen molar-refractivity contribution in [3.8, 4) is 0 Å². The molecule has 20 heavy (non-hydrogen) atoms. The summed E-state index contributed by atoms with van der Waals surface area (Å²) in [6.07, 6.45) is 10.0. The van der Waals surface area contributed by atoms with Gasteiger partial charge in [-0.1, -0.05) is 32.6 Å². The highest BCUT2D eigenvalue weighted by Crippen LogP contribution is 2.36. The van der Waals surface area contributed by atoms with Gasteiger partial charge in [0.15, 0.2) is 0 Å². The van der Waals surface area contributed by atoms with Gasteiger partial charge in [-0.05, 0) is 51.9 Å². The van der Waals surface area contributed by atoms with Crippen molar-refractivity contribution in [1.82, 2.24) is 15.1 Å². The molecule has 0 radical (unpaired) electrons. The maximum atomic E-state index is 3.66. The molecule has 2 rings (SSSR count). The standard InChI is InChI=1S/C17H35N3/c1-4-18-14-17(10-7-5-6-8-11-17)15-20-12-9-16(13-20)19(2)3/h16,18H,4-15H2,1-3H3. The number of likely N-dealkylation sites (tertiary alicyclic amines) is 1. The fraction of sp³-hybridized carbons (Fsp3) is 1.00. The van der Waals surface area contributed by atoms with Crippen LogP contribution >= 0.6 is 0 Å². The van der Waals surface area contributed by atoms with Gasteiger partial charge in [-0.15, -0.1) is 0 Å². The maximum absolute atomic E-state index is 3.66. The molecule has 1 saturated heterocycles. The van der Waals surface area contributed by atoms with Gasteiger partial charge in [0.25, 0.3) is 0 Å². The maximum Gasteiger partial charge on any atom is 0.0229 e. The van der Waals surface area contributed by atoms with Crippen LogP contribution in [0.5, 0.6) is 0 Å². The lowest BCUT2D eigenvalue weighted by atomic mass is 9.79. The zero-order valence-electron chi connectivity index (χ0n) is 14.0. The van der Waals surface area contributed by atoms with Gasteiger partial charge in [0.2, 0.25) is 0 Å². The molecule has 0 bridgehead atoms. The van der Waals surface area contributed by atoms with Crippen molar-refractivity contribution in [2.75, 3.05) is 46.8 Å². The third-order valence-corrected chi connectivity index (χ3v) is 5.45. The molecule has 3 heteroatoms. The second-order valence-electron chi connectivity index (χ2n) is 7.34. The second kappa shape index (κ2) is 7.77. The van der Waals surface area contributed by atoms with Crippen LogP contribution in [0, 0.1) is 5.41 Å². The summed E-state index contributed by atoms with van der Waals surface area (Å²) in [6.45, 7) is 8.49. The van der Waals surface area contributed by atoms with Crippen molar-refractivity contribution in [2.45, 2.75) is 57.9 Å². The van der Waals surface area contributed by atoms with Gasteiger partial charge in [-0.2, -0.15) is 0 Å². The average Bonchev–Trinajstić information content (AvgIpc) is 2.77. The van der Waals surface area contributed by atoms with Crippen LogP contribution in [0.25, 0.3) is 0 Å². The summed E-state index contributed by atoms with van der Waals surface area (Å²) in [5, 5.41) is 3.66. The van der Waals surface area contributed by atoms with E-state index >= 15 is 0 Å². The number of hydrogen-bond acceptors (Lipinski definition) is 3. The third-order valence-electron chi connectivity index (χ3n) is 5.45. The molecule has 0 aromatic rings. The van der Waals surface area contributed by atoms with E-state index in [1.165, 1.54) is 71.1 Å². The normalized spacial score (nSPS) is 27.9. The smallest absolute Gasteiger partial charge is 0.0229 e. The Morgan fingerprint density at radius 1 is 1.15 bits per heavy atom. The lowest BCUT2D eigenvalue weighted by Gasteiger charge is -2.37. The van der Waals surface area contributed by atoms with E-state index in [1.807, 2.05) is 0 Å². The van der Waals surface area contributed by atoms with E-state index in [4.69, 9.17) is 0 Å². The van der Waals surface area contributed by atoms with Gasteiger partial charge in [0.05, 0.1) is 0 Å². The molecule has 0 spiro atoms. The van der Waals surface area contributed by atoms with E-state index in [-0.39, 0.29) is 0 Å². The molecule has 1 aliphatic heterocycles. The Morgan fingerprint density at radius 2 is 1.85 bits per heavy atom. The van der Waals surface area contributed by atoms with E-state index in [1.54, 1.807) is 0 Å². The van der Waals surface area contributed by atoms with Crippen LogP contribution in [0.4, 0.5) is 0 Å². The van der Waals surface area contributed by atoms with Crippen molar-refractivity contribution in [3.63, 3.8) is 0 Å². The molecule has 2 fully saturated rings. The van der Waals surface area contributed by atoms with E-state index in [0.29, 0.717) is 5.41 Å². The second-order valence-corrected chi connectivity index (χ2v) is 7.34. The minimum atomic E-state index is 0.549. The average molecular weight is 281 g/mol. The molecule has 2 aliphatic rings.